The molecule has 0 aliphatic carbocycles. The molecule has 2 heterocycles. The van der Waals surface area contributed by atoms with E-state index in [0.717, 1.165) is 22.0 Å². The number of hydrogen-bond acceptors (Lipinski definition) is 5. The summed E-state index contributed by atoms with van der Waals surface area (Å²) in [5, 5.41) is 20.2. The number of benzene rings is 2. The van der Waals surface area contributed by atoms with Crippen LogP contribution in [0.1, 0.15) is 5.56 Å². The number of aromatic nitrogens is 2. The van der Waals surface area contributed by atoms with Gasteiger partial charge in [0.15, 0.2) is 0 Å². The lowest BCUT2D eigenvalue weighted by Gasteiger charge is -2.13. The lowest BCUT2D eigenvalue weighted by molar-refractivity contribution is -0.144. The monoisotopic (exact) mass is 360 g/mol. The lowest BCUT2D eigenvalue weighted by atomic mass is 9.95. The minimum absolute atomic E-state index is 0.0703. The molecule has 0 saturated heterocycles. The van der Waals surface area contributed by atoms with Crippen molar-refractivity contribution in [2.75, 3.05) is 0 Å². The summed E-state index contributed by atoms with van der Waals surface area (Å²) in [5.74, 6) is -1.35. The van der Waals surface area contributed by atoms with Crippen LogP contribution in [0.3, 0.4) is 0 Å². The first-order chi connectivity index (χ1) is 13.1. The summed E-state index contributed by atoms with van der Waals surface area (Å²) in [6.07, 6.45) is 1.58. The second-order valence-electron chi connectivity index (χ2n) is 6.03. The molecule has 0 aliphatic rings. The van der Waals surface area contributed by atoms with E-state index in [1.807, 2.05) is 54.6 Å². The standard InChI is InChI=1S/C21H16N2O4/c24-18-10-11-19(25)23(18)27-20(26)12-15-13-22-17-9-5-4-8-16(17)21(15)14-6-2-1-3-7-14/h1-11,13,24-25H,12H2. The van der Waals surface area contributed by atoms with E-state index in [4.69, 9.17) is 4.84 Å². The van der Waals surface area contributed by atoms with Gasteiger partial charge in [0.2, 0.25) is 11.8 Å². The van der Waals surface area contributed by atoms with Gasteiger partial charge < -0.3 is 15.1 Å². The minimum atomic E-state index is -0.633. The normalized spacial score (nSPS) is 10.8. The van der Waals surface area contributed by atoms with Crippen LogP contribution in [0.2, 0.25) is 0 Å². The van der Waals surface area contributed by atoms with Gasteiger partial charge in [-0.25, -0.2) is 4.79 Å². The zero-order chi connectivity index (χ0) is 18.8. The molecule has 134 valence electrons. The summed E-state index contributed by atoms with van der Waals surface area (Å²) < 4.78 is 0.680. The molecule has 0 spiro atoms. The molecule has 0 fully saturated rings. The summed E-state index contributed by atoms with van der Waals surface area (Å²) in [4.78, 5) is 21.9. The molecule has 0 atom stereocenters. The molecule has 0 unspecified atom stereocenters. The van der Waals surface area contributed by atoms with E-state index in [0.29, 0.717) is 10.3 Å². The Bertz CT molecular complexity index is 1100. The van der Waals surface area contributed by atoms with Gasteiger partial charge in [-0.2, -0.15) is 0 Å². The summed E-state index contributed by atoms with van der Waals surface area (Å²) in [5.41, 5.74) is 3.38. The van der Waals surface area contributed by atoms with Crippen molar-refractivity contribution in [3.05, 3.63) is 78.5 Å². The first-order valence-electron chi connectivity index (χ1n) is 8.36. The Labute approximate surface area is 154 Å². The molecule has 0 saturated carbocycles. The van der Waals surface area contributed by atoms with Crippen LogP contribution in [0.5, 0.6) is 11.8 Å². The zero-order valence-corrected chi connectivity index (χ0v) is 14.2. The third-order valence-corrected chi connectivity index (χ3v) is 4.24. The highest BCUT2D eigenvalue weighted by atomic mass is 16.7. The molecular weight excluding hydrogens is 344 g/mol. The third kappa shape index (κ3) is 3.20. The average molecular weight is 360 g/mol. The Balaban J connectivity index is 1.74. The number of fused-ring (bicyclic) bond motifs is 1. The van der Waals surface area contributed by atoms with Crippen LogP contribution < -0.4 is 4.84 Å². The predicted molar refractivity (Wildman–Crippen MR) is 100 cm³/mol. The Hall–Kier alpha value is -3.80. The van der Waals surface area contributed by atoms with Gasteiger partial charge in [0, 0.05) is 23.7 Å². The predicted octanol–water partition coefficient (Wildman–Crippen LogP) is 3.31. The minimum Gasteiger partial charge on any atom is -0.492 e. The number of para-hydroxylation sites is 1. The molecule has 0 amide bonds. The smallest absolute Gasteiger partial charge is 0.337 e. The summed E-state index contributed by atoms with van der Waals surface area (Å²) in [7, 11) is 0. The molecule has 2 aromatic heterocycles. The van der Waals surface area contributed by atoms with Gasteiger partial charge in [-0.15, -0.1) is 4.73 Å². The fraction of sp³-hybridized carbons (Fsp3) is 0.0476. The van der Waals surface area contributed by atoms with Crippen molar-refractivity contribution in [3.63, 3.8) is 0 Å². The van der Waals surface area contributed by atoms with Gasteiger partial charge in [-0.1, -0.05) is 48.5 Å². The topological polar surface area (TPSA) is 84.6 Å². The quantitative estimate of drug-likeness (QED) is 0.583. The van der Waals surface area contributed by atoms with Crippen molar-refractivity contribution in [2.24, 2.45) is 0 Å². The van der Waals surface area contributed by atoms with Gasteiger partial charge in [-0.3, -0.25) is 4.98 Å². The molecule has 27 heavy (non-hydrogen) atoms. The molecule has 0 bridgehead atoms. The van der Waals surface area contributed by atoms with Crippen LogP contribution in [0, 0.1) is 0 Å². The first kappa shape index (κ1) is 16.7. The van der Waals surface area contributed by atoms with Gasteiger partial charge in [0.05, 0.1) is 11.9 Å². The van der Waals surface area contributed by atoms with Gasteiger partial charge in [0.25, 0.3) is 0 Å². The summed E-state index contributed by atoms with van der Waals surface area (Å²) in [6, 6.07) is 19.9. The number of nitrogens with zero attached hydrogens (tertiary/aromatic N) is 2. The van der Waals surface area contributed by atoms with E-state index in [9.17, 15) is 15.0 Å². The Morgan fingerprint density at radius 3 is 2.33 bits per heavy atom. The van der Waals surface area contributed by atoms with E-state index in [1.165, 1.54) is 12.1 Å². The number of aromatic hydroxyl groups is 2. The number of carbonyl (C=O) groups is 1. The second-order valence-corrected chi connectivity index (χ2v) is 6.03. The number of carbonyl (C=O) groups excluding carboxylic acids is 1. The van der Waals surface area contributed by atoms with Gasteiger partial charge in [0.1, 0.15) is 0 Å². The Morgan fingerprint density at radius 2 is 1.59 bits per heavy atom. The van der Waals surface area contributed by atoms with Crippen LogP contribution in [0.4, 0.5) is 0 Å². The van der Waals surface area contributed by atoms with Gasteiger partial charge >= 0.3 is 5.97 Å². The van der Waals surface area contributed by atoms with Crippen molar-refractivity contribution in [2.45, 2.75) is 6.42 Å². The molecular formula is C21H16N2O4. The molecule has 4 rings (SSSR count). The number of rotatable bonds is 4. The van der Waals surface area contributed by atoms with E-state index >= 15 is 0 Å². The molecule has 4 aromatic rings. The average Bonchev–Trinajstić information content (AvgIpc) is 3.00. The molecule has 0 aliphatic heterocycles. The summed E-state index contributed by atoms with van der Waals surface area (Å²) in [6.45, 7) is 0. The maximum atomic E-state index is 12.4. The molecule has 2 N–H and O–H groups in total. The highest BCUT2D eigenvalue weighted by molar-refractivity contribution is 5.97. The first-order valence-corrected chi connectivity index (χ1v) is 8.36. The fourth-order valence-electron chi connectivity index (χ4n) is 3.05. The molecule has 2 aromatic carbocycles. The maximum absolute atomic E-state index is 12.4. The van der Waals surface area contributed by atoms with E-state index in [-0.39, 0.29) is 18.2 Å². The Kier molecular flexibility index (Phi) is 4.22. The third-order valence-electron chi connectivity index (χ3n) is 4.24. The number of hydrogen-bond donors (Lipinski definition) is 2. The van der Waals surface area contributed by atoms with E-state index < -0.39 is 5.97 Å². The second kappa shape index (κ2) is 6.84. The Morgan fingerprint density at radius 1 is 0.926 bits per heavy atom. The number of pyridine rings is 1. The zero-order valence-electron chi connectivity index (χ0n) is 14.2. The largest absolute Gasteiger partial charge is 0.492 e. The van der Waals surface area contributed by atoms with Crippen molar-refractivity contribution in [1.29, 1.82) is 0 Å². The van der Waals surface area contributed by atoms with Crippen molar-refractivity contribution in [1.82, 2.24) is 9.71 Å². The SMILES string of the molecule is O=C(Cc1cnc2ccccc2c1-c1ccccc1)On1c(O)ccc1O. The van der Waals surface area contributed by atoms with E-state index in [2.05, 4.69) is 4.98 Å². The maximum Gasteiger partial charge on any atom is 0.337 e. The summed E-state index contributed by atoms with van der Waals surface area (Å²) >= 11 is 0. The van der Waals surface area contributed by atoms with Crippen molar-refractivity contribution in [3.8, 4) is 22.9 Å². The van der Waals surface area contributed by atoms with Crippen LogP contribution >= 0.6 is 0 Å². The molecule has 6 nitrogen and oxygen atoms in total. The van der Waals surface area contributed by atoms with Crippen LogP contribution in [-0.4, -0.2) is 25.9 Å². The van der Waals surface area contributed by atoms with Gasteiger partial charge in [-0.05, 0) is 22.8 Å². The van der Waals surface area contributed by atoms with Crippen LogP contribution in [0.15, 0.2) is 72.9 Å². The molecule has 0 radical (unpaired) electrons. The lowest BCUT2D eigenvalue weighted by Crippen LogP contribution is -2.21. The van der Waals surface area contributed by atoms with Crippen LogP contribution in [0.25, 0.3) is 22.0 Å². The van der Waals surface area contributed by atoms with Crippen molar-refractivity contribution >= 4 is 16.9 Å². The molecule has 6 heteroatoms. The highest BCUT2D eigenvalue weighted by Crippen LogP contribution is 2.31. The van der Waals surface area contributed by atoms with E-state index in [1.54, 1.807) is 6.20 Å². The highest BCUT2D eigenvalue weighted by Gasteiger charge is 2.17. The van der Waals surface area contributed by atoms with Crippen LogP contribution in [-0.2, 0) is 11.2 Å². The fourth-order valence-corrected chi connectivity index (χ4v) is 3.05. The van der Waals surface area contributed by atoms with Crippen molar-refractivity contribution < 1.29 is 19.8 Å².